The fourth-order valence-corrected chi connectivity index (χ4v) is 3.43. The van der Waals surface area contributed by atoms with Gasteiger partial charge >= 0.3 is 0 Å². The Bertz CT molecular complexity index is 1340. The molecule has 8 heteroatoms. The summed E-state index contributed by atoms with van der Waals surface area (Å²) in [5, 5.41) is 13.8. The Labute approximate surface area is 189 Å². The van der Waals surface area contributed by atoms with E-state index in [2.05, 4.69) is 43.2 Å². The number of hydrogen-bond acceptors (Lipinski definition) is 5. The SMILES string of the molecule is CC(C)(C)c1ccc(-c2nc3cc(NC(=O)c4ccc(Cl)c([N+](=O)[O-])c4)ccc3o2)cc1. The van der Waals surface area contributed by atoms with Gasteiger partial charge < -0.3 is 9.73 Å². The van der Waals surface area contributed by atoms with E-state index in [0.29, 0.717) is 22.7 Å². The van der Waals surface area contributed by atoms with Crippen molar-refractivity contribution < 1.29 is 14.1 Å². The molecular weight excluding hydrogens is 430 g/mol. The first-order valence-electron chi connectivity index (χ1n) is 9.88. The highest BCUT2D eigenvalue weighted by molar-refractivity contribution is 6.32. The maximum absolute atomic E-state index is 12.6. The van der Waals surface area contributed by atoms with Gasteiger partial charge in [0.2, 0.25) is 5.89 Å². The van der Waals surface area contributed by atoms with E-state index in [-0.39, 0.29) is 21.7 Å². The second-order valence-corrected chi connectivity index (χ2v) is 8.81. The van der Waals surface area contributed by atoms with Crippen LogP contribution in [0.4, 0.5) is 11.4 Å². The summed E-state index contributed by atoms with van der Waals surface area (Å²) >= 11 is 5.81. The number of hydrogen-bond donors (Lipinski definition) is 1. The number of nitrogens with one attached hydrogen (secondary N) is 1. The Morgan fingerprint density at radius 2 is 1.78 bits per heavy atom. The average molecular weight is 450 g/mol. The Morgan fingerprint density at radius 1 is 1.06 bits per heavy atom. The maximum Gasteiger partial charge on any atom is 0.288 e. The molecular formula is C24H20ClN3O4. The van der Waals surface area contributed by atoms with Gasteiger partial charge in [0, 0.05) is 22.9 Å². The van der Waals surface area contributed by atoms with Gasteiger partial charge in [0.15, 0.2) is 5.58 Å². The first-order valence-corrected chi connectivity index (χ1v) is 10.3. The molecule has 0 aliphatic rings. The molecule has 0 saturated carbocycles. The third kappa shape index (κ3) is 4.33. The highest BCUT2D eigenvalue weighted by Crippen LogP contribution is 2.30. The van der Waals surface area contributed by atoms with Crippen LogP contribution in [0, 0.1) is 10.1 Å². The van der Waals surface area contributed by atoms with Crippen LogP contribution >= 0.6 is 11.6 Å². The number of aromatic nitrogens is 1. The fourth-order valence-electron chi connectivity index (χ4n) is 3.24. The van der Waals surface area contributed by atoms with E-state index < -0.39 is 10.8 Å². The van der Waals surface area contributed by atoms with Crippen molar-refractivity contribution in [3.63, 3.8) is 0 Å². The highest BCUT2D eigenvalue weighted by Gasteiger charge is 2.18. The fraction of sp³-hybridized carbons (Fsp3) is 0.167. The lowest BCUT2D eigenvalue weighted by Crippen LogP contribution is -2.12. The van der Waals surface area contributed by atoms with Gasteiger partial charge in [-0.3, -0.25) is 14.9 Å². The molecule has 1 heterocycles. The zero-order valence-electron chi connectivity index (χ0n) is 17.7. The molecule has 32 heavy (non-hydrogen) atoms. The molecule has 3 aromatic carbocycles. The summed E-state index contributed by atoms with van der Waals surface area (Å²) in [7, 11) is 0. The van der Waals surface area contributed by atoms with Crippen LogP contribution in [0.2, 0.25) is 5.02 Å². The molecule has 7 nitrogen and oxygen atoms in total. The molecule has 0 aliphatic carbocycles. The number of halogens is 1. The van der Waals surface area contributed by atoms with Gasteiger partial charge in [-0.25, -0.2) is 4.98 Å². The molecule has 0 fully saturated rings. The second-order valence-electron chi connectivity index (χ2n) is 8.41. The predicted molar refractivity (Wildman–Crippen MR) is 124 cm³/mol. The summed E-state index contributed by atoms with van der Waals surface area (Å²) in [6.45, 7) is 6.46. The number of rotatable bonds is 4. The molecule has 4 rings (SSSR count). The standard InChI is InChI=1S/C24H20ClN3O4/c1-24(2,3)16-7-4-14(5-8-16)23-27-19-13-17(9-11-21(19)32-23)26-22(29)15-6-10-18(25)20(12-15)28(30)31/h4-13H,1-3H3,(H,26,29). The van der Waals surface area contributed by atoms with E-state index in [1.54, 1.807) is 18.2 Å². The molecule has 1 N–H and O–H groups in total. The van der Waals surface area contributed by atoms with Crippen LogP contribution in [0.5, 0.6) is 0 Å². The molecule has 0 bridgehead atoms. The van der Waals surface area contributed by atoms with E-state index in [9.17, 15) is 14.9 Å². The quantitative estimate of drug-likeness (QED) is 0.279. The number of carbonyl (C=O) groups is 1. The van der Waals surface area contributed by atoms with Crippen molar-refractivity contribution in [2.75, 3.05) is 5.32 Å². The number of fused-ring (bicyclic) bond motifs is 1. The van der Waals surface area contributed by atoms with Crippen molar-refractivity contribution in [2.45, 2.75) is 26.2 Å². The van der Waals surface area contributed by atoms with Crippen molar-refractivity contribution in [1.29, 1.82) is 0 Å². The normalized spacial score (nSPS) is 11.5. The Balaban J connectivity index is 1.58. The monoisotopic (exact) mass is 449 g/mol. The Kier molecular flexibility index (Phi) is 5.44. The van der Waals surface area contributed by atoms with Crippen molar-refractivity contribution in [3.8, 4) is 11.5 Å². The molecule has 0 spiro atoms. The lowest BCUT2D eigenvalue weighted by molar-refractivity contribution is -0.384. The minimum atomic E-state index is -0.629. The Morgan fingerprint density at radius 3 is 2.44 bits per heavy atom. The number of oxazole rings is 1. The van der Waals surface area contributed by atoms with Gasteiger partial charge in [-0.15, -0.1) is 0 Å². The molecule has 4 aromatic rings. The van der Waals surface area contributed by atoms with E-state index in [4.69, 9.17) is 16.0 Å². The summed E-state index contributed by atoms with van der Waals surface area (Å²) in [5.74, 6) is -0.0112. The molecule has 0 saturated heterocycles. The molecule has 162 valence electrons. The van der Waals surface area contributed by atoms with Crippen LogP contribution in [-0.2, 0) is 5.41 Å². The number of nitro groups is 1. The lowest BCUT2D eigenvalue weighted by Gasteiger charge is -2.18. The number of anilines is 1. The van der Waals surface area contributed by atoms with Crippen molar-refractivity contribution in [2.24, 2.45) is 0 Å². The van der Waals surface area contributed by atoms with Gasteiger partial charge in [-0.1, -0.05) is 44.5 Å². The third-order valence-corrected chi connectivity index (χ3v) is 5.37. The van der Waals surface area contributed by atoms with Gasteiger partial charge in [-0.2, -0.15) is 0 Å². The van der Waals surface area contributed by atoms with Gasteiger partial charge in [-0.05, 0) is 53.4 Å². The minimum absolute atomic E-state index is 0.0290. The molecule has 0 aliphatic heterocycles. The van der Waals surface area contributed by atoms with Gasteiger partial charge in [0.1, 0.15) is 10.5 Å². The van der Waals surface area contributed by atoms with E-state index >= 15 is 0 Å². The number of carbonyl (C=O) groups excluding carboxylic acids is 1. The van der Waals surface area contributed by atoms with Crippen molar-refractivity contribution in [1.82, 2.24) is 4.98 Å². The Hall–Kier alpha value is -3.71. The summed E-state index contributed by atoms with van der Waals surface area (Å²) < 4.78 is 5.87. The average Bonchev–Trinajstić information content (AvgIpc) is 3.16. The van der Waals surface area contributed by atoms with E-state index in [1.165, 1.54) is 17.7 Å². The molecule has 0 unspecified atom stereocenters. The number of benzene rings is 3. The molecule has 0 radical (unpaired) electrons. The first kappa shape index (κ1) is 21.5. The first-order chi connectivity index (χ1) is 15.1. The highest BCUT2D eigenvalue weighted by atomic mass is 35.5. The van der Waals surface area contributed by atoms with Gasteiger partial charge in [0.05, 0.1) is 4.92 Å². The second kappa shape index (κ2) is 8.09. The molecule has 1 amide bonds. The maximum atomic E-state index is 12.6. The topological polar surface area (TPSA) is 98.3 Å². The third-order valence-electron chi connectivity index (χ3n) is 5.05. The lowest BCUT2D eigenvalue weighted by atomic mass is 9.87. The van der Waals surface area contributed by atoms with E-state index in [1.807, 2.05) is 12.1 Å². The zero-order chi connectivity index (χ0) is 23.0. The van der Waals surface area contributed by atoms with Crippen molar-refractivity contribution in [3.05, 3.63) is 86.9 Å². The van der Waals surface area contributed by atoms with Crippen LogP contribution in [-0.4, -0.2) is 15.8 Å². The van der Waals surface area contributed by atoms with E-state index in [0.717, 1.165) is 11.6 Å². The summed E-state index contributed by atoms with van der Waals surface area (Å²) in [6.07, 6.45) is 0. The number of nitrogens with zero attached hydrogens (tertiary/aromatic N) is 2. The summed E-state index contributed by atoms with van der Waals surface area (Å²) in [4.78, 5) is 27.5. The zero-order valence-corrected chi connectivity index (χ0v) is 18.4. The largest absolute Gasteiger partial charge is 0.436 e. The number of nitro benzene ring substituents is 1. The summed E-state index contributed by atoms with van der Waals surface area (Å²) in [5.41, 5.74) is 3.58. The smallest absolute Gasteiger partial charge is 0.288 e. The van der Waals surface area contributed by atoms with Crippen LogP contribution < -0.4 is 5.32 Å². The minimum Gasteiger partial charge on any atom is -0.436 e. The van der Waals surface area contributed by atoms with Crippen LogP contribution in [0.15, 0.2) is 65.1 Å². The number of amides is 1. The van der Waals surface area contributed by atoms with Gasteiger partial charge in [0.25, 0.3) is 11.6 Å². The van der Waals surface area contributed by atoms with Crippen LogP contribution in [0.1, 0.15) is 36.7 Å². The van der Waals surface area contributed by atoms with Crippen LogP contribution in [0.3, 0.4) is 0 Å². The molecule has 1 aromatic heterocycles. The predicted octanol–water partition coefficient (Wildman–Crippen LogP) is 6.61. The summed E-state index contributed by atoms with van der Waals surface area (Å²) in [6, 6.07) is 17.0. The van der Waals surface area contributed by atoms with Crippen molar-refractivity contribution >= 4 is 40.0 Å². The molecule has 0 atom stereocenters. The van der Waals surface area contributed by atoms with Crippen LogP contribution in [0.25, 0.3) is 22.6 Å².